The van der Waals surface area contributed by atoms with Gasteiger partial charge in [-0.2, -0.15) is 0 Å². The van der Waals surface area contributed by atoms with E-state index < -0.39 is 0 Å². The number of piperidine rings is 1. The quantitative estimate of drug-likeness (QED) is 0.601. The number of rotatable bonds is 1. The fourth-order valence-corrected chi connectivity index (χ4v) is 2.52. The first kappa shape index (κ1) is 9.44. The molecule has 0 aromatic rings. The molecule has 0 aliphatic carbocycles. The molecule has 2 N–H and O–H groups in total. The van der Waals surface area contributed by atoms with Gasteiger partial charge in [0.05, 0.1) is 0 Å². The summed E-state index contributed by atoms with van der Waals surface area (Å²) < 4.78 is 0. The molecule has 0 saturated carbocycles. The van der Waals surface area contributed by atoms with Gasteiger partial charge < -0.3 is 10.6 Å². The highest BCUT2D eigenvalue weighted by molar-refractivity contribution is 4.85. The average Bonchev–Trinajstić information content (AvgIpc) is 2.20. The molecule has 2 atom stereocenters. The van der Waals surface area contributed by atoms with Crippen LogP contribution in [0.15, 0.2) is 0 Å². The van der Waals surface area contributed by atoms with Crippen LogP contribution in [0.5, 0.6) is 0 Å². The molecule has 2 rings (SSSR count). The van der Waals surface area contributed by atoms with E-state index >= 15 is 0 Å². The molecular formula is C10H21N3. The van der Waals surface area contributed by atoms with E-state index in [-0.39, 0.29) is 0 Å². The number of piperazine rings is 1. The van der Waals surface area contributed by atoms with Gasteiger partial charge in [0.25, 0.3) is 0 Å². The maximum atomic E-state index is 3.49. The first-order valence-electron chi connectivity index (χ1n) is 5.55. The van der Waals surface area contributed by atoms with E-state index in [1.54, 1.807) is 0 Å². The van der Waals surface area contributed by atoms with E-state index in [1.165, 1.54) is 39.0 Å². The molecule has 0 aromatic heterocycles. The van der Waals surface area contributed by atoms with E-state index in [0.29, 0.717) is 0 Å². The van der Waals surface area contributed by atoms with Gasteiger partial charge in [-0.1, -0.05) is 0 Å². The van der Waals surface area contributed by atoms with Crippen molar-refractivity contribution in [3.05, 3.63) is 0 Å². The third kappa shape index (κ3) is 2.22. The molecule has 0 bridgehead atoms. The van der Waals surface area contributed by atoms with Gasteiger partial charge in [0.2, 0.25) is 0 Å². The van der Waals surface area contributed by atoms with Crippen LogP contribution in [0.4, 0.5) is 0 Å². The Morgan fingerprint density at radius 3 is 2.69 bits per heavy atom. The molecule has 2 fully saturated rings. The molecule has 1 unspecified atom stereocenters. The second-order valence-corrected chi connectivity index (χ2v) is 4.29. The van der Waals surface area contributed by atoms with E-state index in [0.717, 1.165) is 18.6 Å². The lowest BCUT2D eigenvalue weighted by Crippen LogP contribution is -2.57. The number of nitrogens with zero attached hydrogens (tertiary/aromatic N) is 1. The first-order chi connectivity index (χ1) is 6.38. The Morgan fingerprint density at radius 2 is 2.00 bits per heavy atom. The van der Waals surface area contributed by atoms with Crippen LogP contribution in [0.25, 0.3) is 0 Å². The zero-order chi connectivity index (χ0) is 9.10. The van der Waals surface area contributed by atoms with Crippen LogP contribution in [0, 0.1) is 0 Å². The van der Waals surface area contributed by atoms with Crippen LogP contribution in [-0.2, 0) is 0 Å². The van der Waals surface area contributed by atoms with Gasteiger partial charge in [-0.25, -0.2) is 0 Å². The maximum absolute atomic E-state index is 3.49. The van der Waals surface area contributed by atoms with Crippen molar-refractivity contribution in [2.75, 3.05) is 32.7 Å². The highest BCUT2D eigenvalue weighted by atomic mass is 15.2. The summed E-state index contributed by atoms with van der Waals surface area (Å²) in [7, 11) is 0. The normalized spacial score (nSPS) is 37.6. The van der Waals surface area contributed by atoms with Crippen LogP contribution < -0.4 is 10.6 Å². The predicted octanol–water partition coefficient (Wildman–Crippen LogP) is 0.0321. The van der Waals surface area contributed by atoms with Gasteiger partial charge in [0, 0.05) is 38.3 Å². The lowest BCUT2D eigenvalue weighted by Gasteiger charge is -2.41. The Hall–Kier alpha value is -0.120. The van der Waals surface area contributed by atoms with Crippen LogP contribution >= 0.6 is 0 Å². The average molecular weight is 183 g/mol. The van der Waals surface area contributed by atoms with Crippen molar-refractivity contribution in [2.45, 2.75) is 31.8 Å². The van der Waals surface area contributed by atoms with E-state index in [9.17, 15) is 0 Å². The van der Waals surface area contributed by atoms with Crippen LogP contribution in [0.3, 0.4) is 0 Å². The smallest absolute Gasteiger partial charge is 0.0225 e. The topological polar surface area (TPSA) is 27.3 Å². The van der Waals surface area contributed by atoms with Crippen molar-refractivity contribution < 1.29 is 0 Å². The predicted molar refractivity (Wildman–Crippen MR) is 54.9 cm³/mol. The molecule has 13 heavy (non-hydrogen) atoms. The van der Waals surface area contributed by atoms with Gasteiger partial charge >= 0.3 is 0 Å². The molecule has 76 valence electrons. The Kier molecular flexibility index (Phi) is 3.19. The fraction of sp³-hybridized carbons (Fsp3) is 1.00. The van der Waals surface area contributed by atoms with Crippen molar-refractivity contribution in [2.24, 2.45) is 0 Å². The van der Waals surface area contributed by atoms with Crippen LogP contribution in [0.1, 0.15) is 19.8 Å². The van der Waals surface area contributed by atoms with E-state index in [4.69, 9.17) is 0 Å². The standard InChI is InChI=1S/C10H21N3/c1-9-7-12-5-6-13(9)10-3-2-4-11-8-10/h9-12H,2-8H2,1H3/t9-,10?/m0/s1. The maximum Gasteiger partial charge on any atom is 0.0225 e. The Morgan fingerprint density at radius 1 is 1.15 bits per heavy atom. The van der Waals surface area contributed by atoms with Crippen molar-refractivity contribution in [3.8, 4) is 0 Å². The molecule has 3 nitrogen and oxygen atoms in total. The molecule has 2 aliphatic rings. The van der Waals surface area contributed by atoms with Gasteiger partial charge in [0.1, 0.15) is 0 Å². The van der Waals surface area contributed by atoms with Gasteiger partial charge in [-0.05, 0) is 26.3 Å². The van der Waals surface area contributed by atoms with Gasteiger partial charge in [0.15, 0.2) is 0 Å². The summed E-state index contributed by atoms with van der Waals surface area (Å²) >= 11 is 0. The minimum absolute atomic E-state index is 0.721. The second-order valence-electron chi connectivity index (χ2n) is 4.29. The highest BCUT2D eigenvalue weighted by Crippen LogP contribution is 2.14. The molecule has 0 aromatic carbocycles. The third-order valence-electron chi connectivity index (χ3n) is 3.29. The fourth-order valence-electron chi connectivity index (χ4n) is 2.52. The summed E-state index contributed by atoms with van der Waals surface area (Å²) in [4.78, 5) is 2.67. The number of nitrogens with one attached hydrogen (secondary N) is 2. The molecule has 0 amide bonds. The summed E-state index contributed by atoms with van der Waals surface area (Å²) in [5, 5.41) is 6.93. The Bertz CT molecular complexity index is 154. The lowest BCUT2D eigenvalue weighted by molar-refractivity contribution is 0.0987. The van der Waals surface area contributed by atoms with Crippen molar-refractivity contribution in [1.29, 1.82) is 0 Å². The van der Waals surface area contributed by atoms with E-state index in [2.05, 4.69) is 22.5 Å². The molecule has 2 heterocycles. The largest absolute Gasteiger partial charge is 0.315 e. The third-order valence-corrected chi connectivity index (χ3v) is 3.29. The molecular weight excluding hydrogens is 162 g/mol. The summed E-state index contributed by atoms with van der Waals surface area (Å²) in [6, 6.07) is 1.52. The van der Waals surface area contributed by atoms with Crippen molar-refractivity contribution >= 4 is 0 Å². The van der Waals surface area contributed by atoms with Crippen molar-refractivity contribution in [1.82, 2.24) is 15.5 Å². The summed E-state index contributed by atoms with van der Waals surface area (Å²) in [6.07, 6.45) is 2.73. The van der Waals surface area contributed by atoms with Crippen molar-refractivity contribution in [3.63, 3.8) is 0 Å². The SMILES string of the molecule is C[C@H]1CNCCN1C1CCCNC1. The Labute approximate surface area is 80.9 Å². The molecule has 0 spiro atoms. The van der Waals surface area contributed by atoms with Crippen LogP contribution in [0.2, 0.25) is 0 Å². The molecule has 3 heteroatoms. The van der Waals surface area contributed by atoms with Gasteiger partial charge in [-0.3, -0.25) is 4.90 Å². The highest BCUT2D eigenvalue weighted by Gasteiger charge is 2.26. The zero-order valence-electron chi connectivity index (χ0n) is 8.55. The van der Waals surface area contributed by atoms with Gasteiger partial charge in [-0.15, -0.1) is 0 Å². The number of hydrogen-bond donors (Lipinski definition) is 2. The first-order valence-corrected chi connectivity index (χ1v) is 5.55. The number of hydrogen-bond acceptors (Lipinski definition) is 3. The molecule has 2 aliphatic heterocycles. The minimum atomic E-state index is 0.721. The van der Waals surface area contributed by atoms with Crippen LogP contribution in [-0.4, -0.2) is 49.7 Å². The summed E-state index contributed by atoms with van der Waals surface area (Å²) in [5.74, 6) is 0. The minimum Gasteiger partial charge on any atom is -0.315 e. The second kappa shape index (κ2) is 4.40. The lowest BCUT2D eigenvalue weighted by atomic mass is 10.0. The summed E-state index contributed by atoms with van der Waals surface area (Å²) in [6.45, 7) is 8.31. The molecule has 0 radical (unpaired) electrons. The summed E-state index contributed by atoms with van der Waals surface area (Å²) in [5.41, 5.74) is 0. The monoisotopic (exact) mass is 183 g/mol. The Balaban J connectivity index is 1.88. The molecule has 2 saturated heterocycles. The van der Waals surface area contributed by atoms with E-state index in [1.807, 2.05) is 0 Å². The zero-order valence-corrected chi connectivity index (χ0v) is 8.55.